The summed E-state index contributed by atoms with van der Waals surface area (Å²) in [7, 11) is 0. The number of carbonyl (C=O) groups is 1. The lowest BCUT2D eigenvalue weighted by Gasteiger charge is -2.32. The molecular weight excluding hydrogens is 408 g/mol. The summed E-state index contributed by atoms with van der Waals surface area (Å²) >= 11 is 1.58. The van der Waals surface area contributed by atoms with Crippen molar-refractivity contribution in [1.29, 1.82) is 0 Å². The summed E-state index contributed by atoms with van der Waals surface area (Å²) in [6.07, 6.45) is 0. The number of hydrogen-bond acceptors (Lipinski definition) is 6. The minimum Gasteiger partial charge on any atom is -0.336 e. The molecule has 4 rings (SSSR count). The first kappa shape index (κ1) is 21.3. The normalized spacial score (nSPS) is 16.3. The molecule has 3 aromatic rings. The number of amides is 1. The number of rotatable bonds is 5. The van der Waals surface area contributed by atoms with E-state index in [-0.39, 0.29) is 18.3 Å². The fourth-order valence-corrected chi connectivity index (χ4v) is 4.21. The number of thioether (sulfide) groups is 1. The third-order valence-corrected chi connectivity index (χ3v) is 5.73. The van der Waals surface area contributed by atoms with Gasteiger partial charge >= 0.3 is 0 Å². The SMILES string of the molecule is CC1CN(C(=O)c2ccccc2SCc2nnnn2-c2ccccc2)CCN1.Cl. The Morgan fingerprint density at radius 2 is 1.93 bits per heavy atom. The number of piperazine rings is 1. The summed E-state index contributed by atoms with van der Waals surface area (Å²) < 4.78 is 1.73. The van der Waals surface area contributed by atoms with Gasteiger partial charge in [-0.1, -0.05) is 30.3 Å². The maximum Gasteiger partial charge on any atom is 0.255 e. The summed E-state index contributed by atoms with van der Waals surface area (Å²) in [4.78, 5) is 15.9. The van der Waals surface area contributed by atoms with Crippen LogP contribution >= 0.6 is 24.2 Å². The molecule has 1 N–H and O–H groups in total. The highest BCUT2D eigenvalue weighted by molar-refractivity contribution is 7.98. The van der Waals surface area contributed by atoms with Crippen molar-refractivity contribution in [3.8, 4) is 5.69 Å². The van der Waals surface area contributed by atoms with Crippen molar-refractivity contribution in [1.82, 2.24) is 30.4 Å². The zero-order chi connectivity index (χ0) is 19.3. The molecule has 7 nitrogen and oxygen atoms in total. The monoisotopic (exact) mass is 430 g/mol. The number of aromatic nitrogens is 4. The molecule has 1 unspecified atom stereocenters. The average molecular weight is 431 g/mol. The van der Waals surface area contributed by atoms with Crippen molar-refractivity contribution in [2.24, 2.45) is 0 Å². The van der Waals surface area contributed by atoms with Crippen LogP contribution in [0.1, 0.15) is 23.1 Å². The van der Waals surface area contributed by atoms with E-state index in [2.05, 4.69) is 27.8 Å². The van der Waals surface area contributed by atoms with E-state index in [1.165, 1.54) is 0 Å². The van der Waals surface area contributed by atoms with Crippen LogP contribution in [0.3, 0.4) is 0 Å². The van der Waals surface area contributed by atoms with Crippen molar-refractivity contribution >= 4 is 30.1 Å². The molecule has 1 atom stereocenters. The number of carbonyl (C=O) groups excluding carboxylic acids is 1. The standard InChI is InChI=1S/C20H22N6OS.ClH/c1-15-13-25(12-11-21-15)20(27)17-9-5-6-10-18(17)28-14-19-22-23-24-26(19)16-7-3-2-4-8-16;/h2-10,15,21H,11-14H2,1H3;1H. The highest BCUT2D eigenvalue weighted by Crippen LogP contribution is 2.27. The number of nitrogens with zero attached hydrogens (tertiary/aromatic N) is 5. The van der Waals surface area contributed by atoms with Gasteiger partial charge in [0, 0.05) is 30.6 Å². The van der Waals surface area contributed by atoms with E-state index in [0.29, 0.717) is 11.8 Å². The molecular formula is C20H23ClN6OS. The van der Waals surface area contributed by atoms with Gasteiger partial charge < -0.3 is 10.2 Å². The quantitative estimate of drug-likeness (QED) is 0.627. The zero-order valence-corrected chi connectivity index (χ0v) is 17.7. The molecule has 1 aliphatic heterocycles. The van der Waals surface area contributed by atoms with Crippen LogP contribution in [-0.4, -0.2) is 56.7 Å². The van der Waals surface area contributed by atoms with Crippen LogP contribution < -0.4 is 5.32 Å². The van der Waals surface area contributed by atoms with Crippen molar-refractivity contribution in [3.63, 3.8) is 0 Å². The van der Waals surface area contributed by atoms with Gasteiger partial charge in [0.25, 0.3) is 5.91 Å². The summed E-state index contributed by atoms with van der Waals surface area (Å²) in [6.45, 7) is 4.39. The van der Waals surface area contributed by atoms with Gasteiger partial charge in [-0.15, -0.1) is 29.3 Å². The Morgan fingerprint density at radius 1 is 1.17 bits per heavy atom. The van der Waals surface area contributed by atoms with Crippen LogP contribution in [0, 0.1) is 0 Å². The van der Waals surface area contributed by atoms with Crippen molar-refractivity contribution in [2.75, 3.05) is 19.6 Å². The second-order valence-corrected chi connectivity index (χ2v) is 7.75. The molecule has 0 saturated carbocycles. The van der Waals surface area contributed by atoms with Gasteiger partial charge in [-0.25, -0.2) is 0 Å². The van der Waals surface area contributed by atoms with Crippen molar-refractivity contribution in [3.05, 3.63) is 66.0 Å². The number of tetrazole rings is 1. The first-order valence-corrected chi connectivity index (χ1v) is 10.3. The van der Waals surface area contributed by atoms with E-state index in [0.717, 1.165) is 41.6 Å². The largest absolute Gasteiger partial charge is 0.336 e. The number of para-hydroxylation sites is 1. The number of nitrogens with one attached hydrogen (secondary N) is 1. The molecule has 152 valence electrons. The van der Waals surface area contributed by atoms with Gasteiger partial charge in [-0.2, -0.15) is 4.68 Å². The zero-order valence-electron chi connectivity index (χ0n) is 16.1. The summed E-state index contributed by atoms with van der Waals surface area (Å²) in [5.41, 5.74) is 1.66. The van der Waals surface area contributed by atoms with E-state index in [9.17, 15) is 4.79 Å². The van der Waals surface area contributed by atoms with Gasteiger partial charge in [-0.05, 0) is 41.6 Å². The molecule has 1 aliphatic rings. The molecule has 1 amide bonds. The molecule has 1 saturated heterocycles. The molecule has 0 radical (unpaired) electrons. The van der Waals surface area contributed by atoms with E-state index >= 15 is 0 Å². The fraction of sp³-hybridized carbons (Fsp3) is 0.300. The Balaban J connectivity index is 0.00000240. The number of hydrogen-bond donors (Lipinski definition) is 1. The summed E-state index contributed by atoms with van der Waals surface area (Å²) in [5.74, 6) is 1.40. The molecule has 1 aromatic heterocycles. The molecule has 0 aliphatic carbocycles. The van der Waals surface area contributed by atoms with Crippen LogP contribution in [0.15, 0.2) is 59.5 Å². The van der Waals surface area contributed by atoms with Gasteiger partial charge in [0.2, 0.25) is 0 Å². The van der Waals surface area contributed by atoms with Crippen LogP contribution in [0.5, 0.6) is 0 Å². The Morgan fingerprint density at radius 3 is 2.72 bits per heavy atom. The minimum atomic E-state index is 0. The Labute approximate surface area is 180 Å². The first-order valence-electron chi connectivity index (χ1n) is 9.29. The Kier molecular flexibility index (Phi) is 7.24. The first-order chi connectivity index (χ1) is 13.7. The average Bonchev–Trinajstić information content (AvgIpc) is 3.21. The van der Waals surface area contributed by atoms with E-state index in [1.807, 2.05) is 59.5 Å². The second-order valence-electron chi connectivity index (χ2n) is 6.73. The van der Waals surface area contributed by atoms with Crippen LogP contribution in [0.2, 0.25) is 0 Å². The lowest BCUT2D eigenvalue weighted by molar-refractivity contribution is 0.0705. The van der Waals surface area contributed by atoms with Crippen molar-refractivity contribution < 1.29 is 4.79 Å². The lowest BCUT2D eigenvalue weighted by Crippen LogP contribution is -2.51. The molecule has 0 spiro atoms. The molecule has 1 fully saturated rings. The van der Waals surface area contributed by atoms with Gasteiger partial charge in [0.1, 0.15) is 0 Å². The van der Waals surface area contributed by atoms with Gasteiger partial charge in [0.15, 0.2) is 5.82 Å². The van der Waals surface area contributed by atoms with Crippen LogP contribution in [0.4, 0.5) is 0 Å². The van der Waals surface area contributed by atoms with Crippen molar-refractivity contribution in [2.45, 2.75) is 23.6 Å². The maximum atomic E-state index is 13.1. The van der Waals surface area contributed by atoms with Gasteiger partial charge in [-0.3, -0.25) is 4.79 Å². The predicted octanol–water partition coefficient (Wildman–Crippen LogP) is 2.81. The smallest absolute Gasteiger partial charge is 0.255 e. The summed E-state index contributed by atoms with van der Waals surface area (Å²) in [5, 5.41) is 15.4. The summed E-state index contributed by atoms with van der Waals surface area (Å²) in [6, 6.07) is 17.9. The van der Waals surface area contributed by atoms with E-state index in [4.69, 9.17) is 0 Å². The van der Waals surface area contributed by atoms with Gasteiger partial charge in [0.05, 0.1) is 17.0 Å². The van der Waals surface area contributed by atoms with Crippen LogP contribution in [-0.2, 0) is 5.75 Å². The Bertz CT molecular complexity index is 951. The molecule has 2 heterocycles. The highest BCUT2D eigenvalue weighted by Gasteiger charge is 2.23. The third kappa shape index (κ3) is 4.95. The number of halogens is 1. The topological polar surface area (TPSA) is 75.9 Å². The number of benzene rings is 2. The van der Waals surface area contributed by atoms with E-state index in [1.54, 1.807) is 16.4 Å². The second kappa shape index (κ2) is 9.87. The third-order valence-electron chi connectivity index (χ3n) is 4.67. The lowest BCUT2D eigenvalue weighted by atomic mass is 10.1. The Hall–Kier alpha value is -2.42. The predicted molar refractivity (Wildman–Crippen MR) is 116 cm³/mol. The molecule has 0 bridgehead atoms. The maximum absolute atomic E-state index is 13.1. The fourth-order valence-electron chi connectivity index (χ4n) is 3.26. The molecule has 29 heavy (non-hydrogen) atoms. The molecule has 9 heteroatoms. The molecule has 2 aromatic carbocycles. The van der Waals surface area contributed by atoms with Crippen LogP contribution in [0.25, 0.3) is 5.69 Å². The highest BCUT2D eigenvalue weighted by atomic mass is 35.5. The van der Waals surface area contributed by atoms with E-state index < -0.39 is 0 Å². The minimum absolute atomic E-state index is 0.